The van der Waals surface area contributed by atoms with Gasteiger partial charge >= 0.3 is 0 Å². The summed E-state index contributed by atoms with van der Waals surface area (Å²) in [6.45, 7) is 0.789. The maximum Gasteiger partial charge on any atom is 0.277 e. The third-order valence-corrected chi connectivity index (χ3v) is 5.93. The van der Waals surface area contributed by atoms with Gasteiger partial charge in [-0.2, -0.15) is 0 Å². The number of hydrogen-bond donors (Lipinski definition) is 2. The molecule has 2 aromatic rings. The number of nitrogens with zero attached hydrogens (tertiary/aromatic N) is 1. The van der Waals surface area contributed by atoms with Crippen molar-refractivity contribution in [3.8, 4) is 5.75 Å². The van der Waals surface area contributed by atoms with E-state index >= 15 is 0 Å². The first-order chi connectivity index (χ1) is 13.5. The molecule has 1 saturated heterocycles. The number of nitrogens with one attached hydrogen (secondary N) is 1. The summed E-state index contributed by atoms with van der Waals surface area (Å²) in [6.07, 6.45) is 3.17. The van der Waals surface area contributed by atoms with Crippen LogP contribution in [0, 0.1) is 5.41 Å². The first kappa shape index (κ1) is 18.5. The molecule has 4 rings (SSSR count). The third-order valence-electron chi connectivity index (χ3n) is 5.93. The van der Waals surface area contributed by atoms with Crippen molar-refractivity contribution in [1.29, 1.82) is 0 Å². The van der Waals surface area contributed by atoms with Crippen LogP contribution in [-0.2, 0) is 24.2 Å². The Morgan fingerprint density at radius 2 is 2.07 bits per heavy atom. The first-order valence-electron chi connectivity index (χ1n) is 9.54. The molecule has 0 unspecified atom stereocenters. The minimum Gasteiger partial charge on any atom is -0.497 e. The molecule has 1 atom stereocenters. The van der Waals surface area contributed by atoms with Crippen molar-refractivity contribution in [1.82, 2.24) is 10.4 Å². The van der Waals surface area contributed by atoms with E-state index in [1.54, 1.807) is 19.2 Å². The molecule has 28 heavy (non-hydrogen) atoms. The molecule has 146 valence electrons. The third kappa shape index (κ3) is 3.36. The smallest absolute Gasteiger partial charge is 0.277 e. The monoisotopic (exact) mass is 380 g/mol. The van der Waals surface area contributed by atoms with E-state index in [0.717, 1.165) is 42.0 Å². The Morgan fingerprint density at radius 3 is 2.82 bits per heavy atom. The van der Waals surface area contributed by atoms with E-state index in [-0.39, 0.29) is 17.9 Å². The van der Waals surface area contributed by atoms with Crippen LogP contribution in [0.15, 0.2) is 42.5 Å². The second-order valence-corrected chi connectivity index (χ2v) is 7.66. The fourth-order valence-electron chi connectivity index (χ4n) is 4.28. The maximum absolute atomic E-state index is 12.7. The van der Waals surface area contributed by atoms with Crippen molar-refractivity contribution >= 4 is 11.8 Å². The quantitative estimate of drug-likeness (QED) is 0.631. The number of fused-ring (bicyclic) bond motifs is 1. The van der Waals surface area contributed by atoms with Gasteiger partial charge in [0.25, 0.3) is 5.91 Å². The van der Waals surface area contributed by atoms with Gasteiger partial charge in [0.2, 0.25) is 5.91 Å². The number of hydrogen-bond acceptors (Lipinski definition) is 4. The molecule has 2 amide bonds. The summed E-state index contributed by atoms with van der Waals surface area (Å²) in [5.74, 6) is 0.338. The Hall–Kier alpha value is -2.86. The lowest BCUT2D eigenvalue weighted by Gasteiger charge is -2.32. The molecule has 0 radical (unpaired) electrons. The minimum absolute atomic E-state index is 0.0689. The van der Waals surface area contributed by atoms with Gasteiger partial charge in [-0.25, -0.2) is 5.06 Å². The van der Waals surface area contributed by atoms with Crippen LogP contribution in [0.4, 0.5) is 0 Å². The highest BCUT2D eigenvalue weighted by Gasteiger charge is 2.44. The van der Waals surface area contributed by atoms with Gasteiger partial charge in [-0.05, 0) is 66.6 Å². The second kappa shape index (κ2) is 7.28. The SMILES string of the molecule is COc1cccc(CN(O)C(=O)c2ccc3c(c2)C[C@@]2(CCNC2=O)CC3)c1. The zero-order valence-corrected chi connectivity index (χ0v) is 15.9. The van der Waals surface area contributed by atoms with Crippen LogP contribution in [-0.4, -0.2) is 35.7 Å². The van der Waals surface area contributed by atoms with Crippen LogP contribution in [0.5, 0.6) is 5.75 Å². The van der Waals surface area contributed by atoms with Crippen molar-refractivity contribution in [2.75, 3.05) is 13.7 Å². The van der Waals surface area contributed by atoms with E-state index in [2.05, 4.69) is 5.32 Å². The van der Waals surface area contributed by atoms with E-state index < -0.39 is 5.91 Å². The predicted octanol–water partition coefficient (Wildman–Crippen LogP) is 2.72. The van der Waals surface area contributed by atoms with Crippen LogP contribution < -0.4 is 10.1 Å². The predicted molar refractivity (Wildman–Crippen MR) is 103 cm³/mol. The summed E-state index contributed by atoms with van der Waals surface area (Å²) in [5.41, 5.74) is 3.08. The molecular weight excluding hydrogens is 356 g/mol. The number of aryl methyl sites for hydroxylation is 1. The Kier molecular flexibility index (Phi) is 4.81. The Balaban J connectivity index is 1.52. The zero-order valence-electron chi connectivity index (χ0n) is 15.9. The summed E-state index contributed by atoms with van der Waals surface area (Å²) < 4.78 is 5.18. The number of carbonyl (C=O) groups excluding carboxylic acids is 2. The lowest BCUT2D eigenvalue weighted by atomic mass is 9.70. The molecule has 1 aliphatic carbocycles. The van der Waals surface area contributed by atoms with Gasteiger partial charge in [0.05, 0.1) is 19.1 Å². The van der Waals surface area contributed by atoms with Crippen molar-refractivity contribution < 1.29 is 19.5 Å². The number of benzene rings is 2. The zero-order chi connectivity index (χ0) is 19.7. The molecular formula is C22H24N2O4. The van der Waals surface area contributed by atoms with Crippen molar-refractivity contribution in [3.05, 3.63) is 64.7 Å². The minimum atomic E-state index is -0.457. The van der Waals surface area contributed by atoms with Crippen molar-refractivity contribution in [2.24, 2.45) is 5.41 Å². The van der Waals surface area contributed by atoms with Crippen LogP contribution in [0.25, 0.3) is 0 Å². The fraction of sp³-hybridized carbons (Fsp3) is 0.364. The average molecular weight is 380 g/mol. The number of hydroxylamine groups is 2. The highest BCUT2D eigenvalue weighted by Crippen LogP contribution is 2.41. The molecule has 6 nitrogen and oxygen atoms in total. The second-order valence-electron chi connectivity index (χ2n) is 7.66. The largest absolute Gasteiger partial charge is 0.497 e. The number of amides is 2. The molecule has 1 heterocycles. The Morgan fingerprint density at radius 1 is 1.21 bits per heavy atom. The normalized spacial score (nSPS) is 20.6. The van der Waals surface area contributed by atoms with Gasteiger partial charge in [0.1, 0.15) is 5.75 Å². The van der Waals surface area contributed by atoms with Gasteiger partial charge in [0.15, 0.2) is 0 Å². The highest BCUT2D eigenvalue weighted by atomic mass is 16.5. The van der Waals surface area contributed by atoms with Crippen LogP contribution in [0.3, 0.4) is 0 Å². The van der Waals surface area contributed by atoms with E-state index in [1.165, 1.54) is 5.56 Å². The van der Waals surface area contributed by atoms with E-state index in [4.69, 9.17) is 4.74 Å². The van der Waals surface area contributed by atoms with Crippen LogP contribution >= 0.6 is 0 Å². The average Bonchev–Trinajstić information content (AvgIpc) is 3.06. The molecule has 0 saturated carbocycles. The molecule has 0 aromatic heterocycles. The van der Waals surface area contributed by atoms with E-state index in [1.807, 2.05) is 30.3 Å². The number of methoxy groups -OCH3 is 1. The fourth-order valence-corrected chi connectivity index (χ4v) is 4.28. The molecule has 2 aromatic carbocycles. The molecule has 2 aliphatic rings. The van der Waals surface area contributed by atoms with Gasteiger partial charge in [-0.3, -0.25) is 14.8 Å². The molecule has 1 aliphatic heterocycles. The maximum atomic E-state index is 12.7. The van der Waals surface area contributed by atoms with Gasteiger partial charge in [0, 0.05) is 12.1 Å². The standard InChI is InChI=1S/C22H24N2O4/c1-28-19-4-2-3-15(11-19)14-24(27)20(25)17-6-5-16-7-8-22(13-18(16)12-17)9-10-23-21(22)26/h2-6,11-12,27H,7-10,13-14H2,1H3,(H,23,26)/t22-/m0/s1. The summed E-state index contributed by atoms with van der Waals surface area (Å²) in [5, 5.41) is 14.0. The van der Waals surface area contributed by atoms with Crippen LogP contribution in [0.1, 0.15) is 39.9 Å². The lowest BCUT2D eigenvalue weighted by molar-refractivity contribution is -0.128. The van der Waals surface area contributed by atoms with Crippen LogP contribution in [0.2, 0.25) is 0 Å². The Labute approximate surface area is 164 Å². The number of carbonyl (C=O) groups is 2. The highest BCUT2D eigenvalue weighted by molar-refractivity contribution is 5.94. The molecule has 1 spiro atoms. The molecule has 0 bridgehead atoms. The topological polar surface area (TPSA) is 78.9 Å². The van der Waals surface area contributed by atoms with Crippen molar-refractivity contribution in [3.63, 3.8) is 0 Å². The summed E-state index contributed by atoms with van der Waals surface area (Å²) in [4.78, 5) is 25.0. The number of ether oxygens (including phenoxy) is 1. The van der Waals surface area contributed by atoms with E-state index in [9.17, 15) is 14.8 Å². The van der Waals surface area contributed by atoms with Gasteiger partial charge < -0.3 is 10.1 Å². The first-order valence-corrected chi connectivity index (χ1v) is 9.54. The van der Waals surface area contributed by atoms with Crippen molar-refractivity contribution in [2.45, 2.75) is 32.2 Å². The van der Waals surface area contributed by atoms with Gasteiger partial charge in [-0.15, -0.1) is 0 Å². The van der Waals surface area contributed by atoms with Gasteiger partial charge in [-0.1, -0.05) is 18.2 Å². The lowest BCUT2D eigenvalue weighted by Crippen LogP contribution is -2.36. The number of rotatable bonds is 4. The molecule has 6 heteroatoms. The summed E-state index contributed by atoms with van der Waals surface area (Å²) in [7, 11) is 1.57. The Bertz CT molecular complexity index is 927. The molecule has 1 fully saturated rings. The summed E-state index contributed by atoms with van der Waals surface area (Å²) >= 11 is 0. The molecule has 2 N–H and O–H groups in total. The summed E-state index contributed by atoms with van der Waals surface area (Å²) in [6, 6.07) is 12.8. The van der Waals surface area contributed by atoms with E-state index in [0.29, 0.717) is 17.7 Å².